The number of para-hydroxylation sites is 1. The number of aromatic hydroxyl groups is 1. The van der Waals surface area contributed by atoms with Crippen molar-refractivity contribution in [2.75, 3.05) is 4.90 Å². The number of aromatic nitrogens is 1. The average molecular weight is 442 g/mol. The Balaban J connectivity index is 1.90. The lowest BCUT2D eigenvalue weighted by molar-refractivity contribution is -0.151. The summed E-state index contributed by atoms with van der Waals surface area (Å²) in [7, 11) is 0. The highest BCUT2D eigenvalue weighted by atomic mass is 16.6. The number of hydrogen-bond donors (Lipinski definition) is 1. The van der Waals surface area contributed by atoms with E-state index >= 15 is 0 Å². The van der Waals surface area contributed by atoms with Gasteiger partial charge in [0.05, 0.1) is 27.9 Å². The minimum Gasteiger partial charge on any atom is -0.494 e. The topological polar surface area (TPSA) is 123 Å². The van der Waals surface area contributed by atoms with Crippen LogP contribution >= 0.6 is 0 Å². The number of carbonyl (C=O) groups is 5. The standard InChI is InChI=1S/C24H14N2O7/c1-10(27)25-15-9-5-7-13-16(15)17(20(25)29)18-19(22(31)33-21(18)30)24(13)12-6-3-4-8-14(12)26(11(2)28)23(24)32/h3-9,29H,1-2H3. The molecule has 9 heteroatoms. The molecule has 2 aliphatic heterocycles. The van der Waals surface area contributed by atoms with Crippen LogP contribution in [0.3, 0.4) is 0 Å². The molecule has 1 atom stereocenters. The number of cyclic esters (lactones) is 2. The van der Waals surface area contributed by atoms with Crippen molar-refractivity contribution in [3.05, 3.63) is 64.7 Å². The first-order chi connectivity index (χ1) is 15.7. The van der Waals surface area contributed by atoms with Crippen molar-refractivity contribution in [3.8, 4) is 5.88 Å². The van der Waals surface area contributed by atoms with Gasteiger partial charge in [-0.25, -0.2) is 14.5 Å². The smallest absolute Gasteiger partial charge is 0.347 e. The third-order valence-corrected chi connectivity index (χ3v) is 6.54. The number of ether oxygens (including phenoxy) is 1. The van der Waals surface area contributed by atoms with Crippen molar-refractivity contribution < 1.29 is 33.8 Å². The molecule has 1 unspecified atom stereocenters. The number of carbonyl (C=O) groups excluding carboxylic acids is 5. The first-order valence-electron chi connectivity index (χ1n) is 10.1. The van der Waals surface area contributed by atoms with Crippen molar-refractivity contribution in [1.82, 2.24) is 4.57 Å². The molecule has 9 nitrogen and oxygen atoms in total. The van der Waals surface area contributed by atoms with Crippen molar-refractivity contribution in [1.29, 1.82) is 0 Å². The predicted octanol–water partition coefficient (Wildman–Crippen LogP) is 2.04. The molecule has 0 saturated carbocycles. The summed E-state index contributed by atoms with van der Waals surface area (Å²) in [4.78, 5) is 65.9. The number of imide groups is 1. The monoisotopic (exact) mass is 442 g/mol. The van der Waals surface area contributed by atoms with Gasteiger partial charge in [-0.2, -0.15) is 0 Å². The third-order valence-electron chi connectivity index (χ3n) is 6.54. The molecular formula is C24H14N2O7. The Morgan fingerprint density at radius 3 is 2.30 bits per heavy atom. The number of benzene rings is 2. The van der Waals surface area contributed by atoms with E-state index in [-0.39, 0.29) is 38.9 Å². The van der Waals surface area contributed by atoms with Crippen LogP contribution in [-0.4, -0.2) is 39.3 Å². The van der Waals surface area contributed by atoms with Gasteiger partial charge in [0, 0.05) is 24.8 Å². The van der Waals surface area contributed by atoms with Crippen LogP contribution in [0.15, 0.2) is 48.0 Å². The number of rotatable bonds is 0. The van der Waals surface area contributed by atoms with E-state index in [1.807, 2.05) is 0 Å². The Morgan fingerprint density at radius 2 is 1.61 bits per heavy atom. The molecule has 0 saturated heterocycles. The fraction of sp³-hybridized carbons (Fsp3) is 0.125. The zero-order chi connectivity index (χ0) is 23.4. The summed E-state index contributed by atoms with van der Waals surface area (Å²) in [5, 5.41) is 11.2. The van der Waals surface area contributed by atoms with E-state index in [0.29, 0.717) is 5.56 Å². The maximum Gasteiger partial charge on any atom is 0.347 e. The summed E-state index contributed by atoms with van der Waals surface area (Å²) in [5.74, 6) is -4.43. The minimum absolute atomic E-state index is 0.0427. The molecule has 2 amide bonds. The van der Waals surface area contributed by atoms with Crippen LogP contribution in [-0.2, 0) is 29.3 Å². The van der Waals surface area contributed by atoms with Gasteiger partial charge in [-0.1, -0.05) is 30.3 Å². The molecular weight excluding hydrogens is 428 g/mol. The molecule has 0 bridgehead atoms. The second kappa shape index (κ2) is 5.83. The quantitative estimate of drug-likeness (QED) is 0.417. The highest BCUT2D eigenvalue weighted by Crippen LogP contribution is 2.60. The summed E-state index contributed by atoms with van der Waals surface area (Å²) >= 11 is 0. The van der Waals surface area contributed by atoms with Gasteiger partial charge in [0.15, 0.2) is 0 Å². The van der Waals surface area contributed by atoms with Gasteiger partial charge in [-0.15, -0.1) is 0 Å². The lowest BCUT2D eigenvalue weighted by atomic mass is 9.64. The van der Waals surface area contributed by atoms with Crippen LogP contribution in [0, 0.1) is 0 Å². The Kier molecular flexibility index (Phi) is 3.39. The van der Waals surface area contributed by atoms with Gasteiger partial charge in [0.25, 0.3) is 5.91 Å². The zero-order valence-corrected chi connectivity index (χ0v) is 17.3. The van der Waals surface area contributed by atoms with Crippen LogP contribution in [0.2, 0.25) is 0 Å². The Labute approximate surface area is 185 Å². The number of amides is 2. The average Bonchev–Trinajstić information content (AvgIpc) is 3.32. The Hall–Kier alpha value is -4.53. The molecule has 0 radical (unpaired) electrons. The van der Waals surface area contributed by atoms with Crippen LogP contribution < -0.4 is 4.90 Å². The van der Waals surface area contributed by atoms with Crippen LogP contribution in [0.4, 0.5) is 5.69 Å². The molecule has 1 spiro atoms. The molecule has 3 aromatic rings. The maximum atomic E-state index is 14.1. The lowest BCUT2D eigenvalue weighted by Gasteiger charge is -2.32. The molecule has 1 N–H and O–H groups in total. The molecule has 6 rings (SSSR count). The lowest BCUT2D eigenvalue weighted by Crippen LogP contribution is -2.46. The van der Waals surface area contributed by atoms with Gasteiger partial charge < -0.3 is 9.84 Å². The number of hydrogen-bond acceptors (Lipinski definition) is 7. The SMILES string of the molecule is CC(=O)N1C(=O)C2(C3=C(C(=O)OC3=O)c3c(O)n(C(C)=O)c4cccc2c34)c2ccccc21. The number of anilines is 1. The normalized spacial score (nSPS) is 20.5. The van der Waals surface area contributed by atoms with Crippen molar-refractivity contribution >= 4 is 51.8 Å². The molecule has 33 heavy (non-hydrogen) atoms. The molecule has 1 aromatic heterocycles. The number of fused-ring (bicyclic) bond motifs is 5. The molecule has 2 aromatic carbocycles. The van der Waals surface area contributed by atoms with Gasteiger partial charge in [0.2, 0.25) is 17.7 Å². The fourth-order valence-electron chi connectivity index (χ4n) is 5.48. The van der Waals surface area contributed by atoms with E-state index in [1.54, 1.807) is 42.5 Å². The largest absolute Gasteiger partial charge is 0.494 e. The molecule has 3 heterocycles. The van der Waals surface area contributed by atoms with E-state index < -0.39 is 41.0 Å². The first-order valence-corrected chi connectivity index (χ1v) is 10.1. The summed E-state index contributed by atoms with van der Waals surface area (Å²) in [6.45, 7) is 2.47. The second-order valence-electron chi connectivity index (χ2n) is 8.11. The van der Waals surface area contributed by atoms with E-state index in [0.717, 1.165) is 9.47 Å². The Bertz CT molecular complexity index is 1570. The van der Waals surface area contributed by atoms with Crippen LogP contribution in [0.1, 0.15) is 35.3 Å². The summed E-state index contributed by atoms with van der Waals surface area (Å²) in [6, 6.07) is 11.3. The summed E-state index contributed by atoms with van der Waals surface area (Å²) < 4.78 is 5.94. The predicted molar refractivity (Wildman–Crippen MR) is 113 cm³/mol. The number of esters is 2. The van der Waals surface area contributed by atoms with Gasteiger partial charge in [-0.05, 0) is 17.7 Å². The second-order valence-corrected chi connectivity index (χ2v) is 8.11. The summed E-state index contributed by atoms with van der Waals surface area (Å²) in [6.07, 6.45) is 0. The van der Waals surface area contributed by atoms with Gasteiger partial charge in [-0.3, -0.25) is 19.0 Å². The van der Waals surface area contributed by atoms with Gasteiger partial charge in [0.1, 0.15) is 5.41 Å². The molecule has 0 fully saturated rings. The van der Waals surface area contributed by atoms with E-state index in [4.69, 9.17) is 4.74 Å². The number of nitrogens with zero attached hydrogens (tertiary/aromatic N) is 2. The van der Waals surface area contributed by atoms with E-state index in [2.05, 4.69) is 0 Å². The van der Waals surface area contributed by atoms with E-state index in [1.165, 1.54) is 13.8 Å². The van der Waals surface area contributed by atoms with Crippen molar-refractivity contribution in [3.63, 3.8) is 0 Å². The molecule has 1 aliphatic carbocycles. The highest BCUT2D eigenvalue weighted by molar-refractivity contribution is 6.41. The molecule has 3 aliphatic rings. The molecule has 162 valence electrons. The van der Waals surface area contributed by atoms with Crippen molar-refractivity contribution in [2.45, 2.75) is 19.3 Å². The maximum absolute atomic E-state index is 14.1. The van der Waals surface area contributed by atoms with Crippen LogP contribution in [0.25, 0.3) is 16.5 Å². The van der Waals surface area contributed by atoms with Gasteiger partial charge >= 0.3 is 11.9 Å². The van der Waals surface area contributed by atoms with Crippen LogP contribution in [0.5, 0.6) is 5.88 Å². The summed E-state index contributed by atoms with van der Waals surface area (Å²) in [5.41, 5.74) is -1.31. The highest BCUT2D eigenvalue weighted by Gasteiger charge is 2.64. The zero-order valence-electron chi connectivity index (χ0n) is 17.3. The first kappa shape index (κ1) is 19.2. The fourth-order valence-corrected chi connectivity index (χ4v) is 5.48. The van der Waals surface area contributed by atoms with Crippen molar-refractivity contribution in [2.24, 2.45) is 0 Å². The van der Waals surface area contributed by atoms with E-state index in [9.17, 15) is 29.1 Å². The third kappa shape index (κ3) is 1.91. The Morgan fingerprint density at radius 1 is 0.909 bits per heavy atom. The minimum atomic E-state index is -1.86.